The van der Waals surface area contributed by atoms with Gasteiger partial charge >= 0.3 is 12.1 Å². The van der Waals surface area contributed by atoms with E-state index in [9.17, 15) is 48.3 Å². The molecule has 3 fully saturated rings. The Morgan fingerprint density at radius 2 is 1.67 bits per heavy atom. The lowest BCUT2D eigenvalue weighted by molar-refractivity contribution is -0.318. The number of amides is 1. The van der Waals surface area contributed by atoms with Gasteiger partial charge in [0.1, 0.15) is 35.8 Å². The van der Waals surface area contributed by atoms with Gasteiger partial charge in [-0.15, -0.1) is 0 Å². The summed E-state index contributed by atoms with van der Waals surface area (Å²) in [6.45, 7) is 19.5. The van der Waals surface area contributed by atoms with Gasteiger partial charge in [0, 0.05) is 56.5 Å². The number of methoxy groups -OCH3 is 1. The van der Waals surface area contributed by atoms with Crippen LogP contribution in [0.3, 0.4) is 0 Å². The number of benzene rings is 1. The average Bonchev–Trinajstić information content (AvgIpc) is 3.34. The highest BCUT2D eigenvalue weighted by atomic mass is 19.4. The maximum absolute atomic E-state index is 14.5. The molecule has 0 aliphatic carbocycles. The van der Waals surface area contributed by atoms with Crippen molar-refractivity contribution < 1.29 is 76.7 Å². The van der Waals surface area contributed by atoms with E-state index in [0.29, 0.717) is 25.9 Å². The Bertz CT molecular complexity index is 2190. The molecular formula is C54H86F3N5O13. The van der Waals surface area contributed by atoms with Gasteiger partial charge in [-0.25, -0.2) is 4.98 Å². The molecule has 0 radical (unpaired) electrons. The van der Waals surface area contributed by atoms with Crippen LogP contribution < -0.4 is 10.6 Å². The number of pyridine rings is 1. The first kappa shape index (κ1) is 62.3. The second-order valence-electron chi connectivity index (χ2n) is 22.3. The van der Waals surface area contributed by atoms with Crippen LogP contribution >= 0.6 is 0 Å². The van der Waals surface area contributed by atoms with Crippen LogP contribution in [0.1, 0.15) is 123 Å². The minimum Gasteiger partial charge on any atom is -0.459 e. The van der Waals surface area contributed by atoms with Crippen molar-refractivity contribution in [3.05, 3.63) is 53.2 Å². The molecule has 3 saturated heterocycles. The van der Waals surface area contributed by atoms with Gasteiger partial charge < -0.3 is 74.4 Å². The minimum absolute atomic E-state index is 0.0393. The lowest BCUT2D eigenvalue weighted by Crippen LogP contribution is -2.61. The van der Waals surface area contributed by atoms with E-state index in [0.717, 1.165) is 6.07 Å². The molecule has 5 rings (SSSR count). The number of ether oxygens (including phenoxy) is 6. The van der Waals surface area contributed by atoms with Crippen LogP contribution in [0, 0.1) is 24.7 Å². The van der Waals surface area contributed by atoms with Crippen LogP contribution in [0.15, 0.2) is 36.5 Å². The molecule has 0 spiro atoms. The van der Waals surface area contributed by atoms with Crippen molar-refractivity contribution in [3.63, 3.8) is 0 Å². The fourth-order valence-electron chi connectivity index (χ4n) is 11.3. The van der Waals surface area contributed by atoms with E-state index >= 15 is 0 Å². The fourth-order valence-corrected chi connectivity index (χ4v) is 11.3. The number of esters is 1. The summed E-state index contributed by atoms with van der Waals surface area (Å²) in [5.41, 5.74) is -5.22. The zero-order valence-electron chi connectivity index (χ0n) is 46.3. The number of carbonyl (C=O) groups excluding carboxylic acids is 2. The van der Waals surface area contributed by atoms with Gasteiger partial charge in [-0.3, -0.25) is 9.59 Å². The summed E-state index contributed by atoms with van der Waals surface area (Å²) in [7, 11) is 5.11. The summed E-state index contributed by atoms with van der Waals surface area (Å²) in [6, 6.07) is 5.69. The summed E-state index contributed by atoms with van der Waals surface area (Å²) in [4.78, 5) is 36.0. The number of aromatic nitrogens is 1. The van der Waals surface area contributed by atoms with Gasteiger partial charge in [0.2, 0.25) is 0 Å². The van der Waals surface area contributed by atoms with Crippen molar-refractivity contribution >= 4 is 23.4 Å². The first-order valence-corrected chi connectivity index (χ1v) is 26.3. The number of rotatable bonds is 14. The number of hydrogen-bond acceptors (Lipinski definition) is 17. The molecule has 2 aromatic rings. The Morgan fingerprint density at radius 1 is 0.987 bits per heavy atom. The molecule has 7 N–H and O–H groups in total. The molecule has 0 bridgehead atoms. The SMILES string of the molecule is CC[C@H]1OC(=O)[C@H](C)[C@@H](O[C@H]2C[C@@](C)(OC)[C@@H](O)[C@H](C)O2)[C@H](C)[C@@H](O[C@@H]2O[C@H](C)C[C@H](N(C)CCCNC(=O)c3cccnc3Nc3cccc(C(F)(F)F)c3C)[C@H]2O)[C@](C)(O)C[C@@H](C)CN(C)[C@H](C)[C@@H](O)[C@]1(C)O. The summed E-state index contributed by atoms with van der Waals surface area (Å²) >= 11 is 0. The third kappa shape index (κ3) is 14.8. The molecule has 0 saturated carbocycles. The van der Waals surface area contributed by atoms with E-state index in [-0.39, 0.29) is 54.4 Å². The Hall–Kier alpha value is -3.58. The van der Waals surface area contributed by atoms with Crippen molar-refractivity contribution in [1.29, 1.82) is 0 Å². The Kier molecular flexibility index (Phi) is 21.1. The van der Waals surface area contributed by atoms with Gasteiger partial charge in [0.25, 0.3) is 5.91 Å². The van der Waals surface area contributed by atoms with Gasteiger partial charge in [-0.05, 0) is 137 Å². The van der Waals surface area contributed by atoms with Gasteiger partial charge in [-0.1, -0.05) is 26.8 Å². The summed E-state index contributed by atoms with van der Waals surface area (Å²) < 4.78 is 79.1. The van der Waals surface area contributed by atoms with Crippen LogP contribution in [0.4, 0.5) is 24.7 Å². The predicted octanol–water partition coefficient (Wildman–Crippen LogP) is 5.56. The number of alkyl halides is 3. The second-order valence-corrected chi connectivity index (χ2v) is 22.3. The molecule has 75 heavy (non-hydrogen) atoms. The first-order valence-electron chi connectivity index (χ1n) is 26.3. The summed E-state index contributed by atoms with van der Waals surface area (Å²) in [5, 5.41) is 65.4. The molecule has 4 heterocycles. The lowest BCUT2D eigenvalue weighted by Gasteiger charge is -2.49. The largest absolute Gasteiger partial charge is 0.459 e. The Morgan fingerprint density at radius 3 is 2.31 bits per heavy atom. The summed E-state index contributed by atoms with van der Waals surface area (Å²) in [5.74, 6) is -3.38. The standard InChI is InChI=1S/C54H86F3N5O13/c1-15-40-53(11,69)44(64)34(7)62(13)28-29(2)26-51(9,68)46(32(5)43(33(6)49(67)73-40)74-41-27-52(10,70-14)45(65)35(8)72-41)75-50-42(63)39(25-30(3)71-50)61(12)24-18-23-59-48(66)36-19-17-22-58-47(36)60-38-21-16-20-37(31(38)4)54(55,56)57/h16-17,19-22,29-30,32-35,39-46,50,63-65,68-69H,15,18,23-28H2,1-14H3,(H,58,60)(H,59,66)/t29-,30-,32+,33-,34-,35+,39+,40-,41+,42-,43+,44-,45+,46-,50+,51-,52-,53-/m1/s1. The average molecular weight is 1070 g/mol. The molecule has 18 nitrogen and oxygen atoms in total. The van der Waals surface area contributed by atoms with Crippen molar-refractivity contribution in [2.45, 2.75) is 205 Å². The van der Waals surface area contributed by atoms with Gasteiger partial charge in [0.15, 0.2) is 12.6 Å². The van der Waals surface area contributed by atoms with Crippen molar-refractivity contribution in [2.24, 2.45) is 17.8 Å². The lowest BCUT2D eigenvalue weighted by atomic mass is 9.77. The molecule has 21 heteroatoms. The van der Waals surface area contributed by atoms with Crippen molar-refractivity contribution in [3.8, 4) is 0 Å². The van der Waals surface area contributed by atoms with Crippen LogP contribution in [0.25, 0.3) is 0 Å². The molecule has 3 aliphatic rings. The van der Waals surface area contributed by atoms with Crippen LogP contribution in [0.5, 0.6) is 0 Å². The quantitative estimate of drug-likeness (QED) is 0.0907. The zero-order valence-corrected chi connectivity index (χ0v) is 46.3. The predicted molar refractivity (Wildman–Crippen MR) is 274 cm³/mol. The van der Waals surface area contributed by atoms with Crippen molar-refractivity contribution in [2.75, 3.05) is 46.2 Å². The number of anilines is 2. The first-order chi connectivity index (χ1) is 34.9. The van der Waals surface area contributed by atoms with Gasteiger partial charge in [-0.2, -0.15) is 13.2 Å². The van der Waals surface area contributed by atoms with Crippen LogP contribution in [-0.4, -0.2) is 183 Å². The normalized spacial score (nSPS) is 38.1. The van der Waals surface area contributed by atoms with E-state index in [1.807, 2.05) is 30.7 Å². The number of carbonyl (C=O) groups is 2. The maximum atomic E-state index is 14.5. The Labute approximate surface area is 440 Å². The number of likely N-dealkylation sites (N-methyl/N-ethyl adjacent to an activating group) is 2. The zero-order chi connectivity index (χ0) is 56.1. The maximum Gasteiger partial charge on any atom is 0.416 e. The van der Waals surface area contributed by atoms with Crippen LogP contribution in [-0.2, 0) is 39.4 Å². The highest BCUT2D eigenvalue weighted by Gasteiger charge is 2.53. The van der Waals surface area contributed by atoms with E-state index in [4.69, 9.17) is 28.4 Å². The second kappa shape index (κ2) is 25.5. The molecular weight excluding hydrogens is 984 g/mol. The number of nitrogens with zero attached hydrogens (tertiary/aromatic N) is 3. The molecule has 1 aromatic carbocycles. The number of nitrogens with one attached hydrogen (secondary N) is 2. The topological polar surface area (TPSA) is 234 Å². The molecule has 3 aliphatic heterocycles. The third-order valence-electron chi connectivity index (χ3n) is 16.0. The van der Waals surface area contributed by atoms with Crippen LogP contribution in [0.2, 0.25) is 0 Å². The summed E-state index contributed by atoms with van der Waals surface area (Å²) in [6.07, 6.45) is -12.6. The highest BCUT2D eigenvalue weighted by molar-refractivity contribution is 5.99. The third-order valence-corrected chi connectivity index (χ3v) is 16.0. The molecule has 18 atom stereocenters. The molecule has 1 aromatic heterocycles. The van der Waals surface area contributed by atoms with E-state index < -0.39 is 126 Å². The van der Waals surface area contributed by atoms with E-state index in [1.54, 1.807) is 61.6 Å². The Balaban J connectivity index is 1.39. The van der Waals surface area contributed by atoms with E-state index in [2.05, 4.69) is 15.6 Å². The number of cyclic esters (lactones) is 1. The molecule has 426 valence electrons. The number of halogens is 3. The van der Waals surface area contributed by atoms with E-state index in [1.165, 1.54) is 45.4 Å². The molecule has 0 unspecified atom stereocenters. The highest BCUT2D eigenvalue weighted by Crippen LogP contribution is 2.41. The number of aliphatic hydroxyl groups excluding tert-OH is 3. The minimum atomic E-state index is -4.56. The molecule has 1 amide bonds. The number of aliphatic hydroxyl groups is 5. The monoisotopic (exact) mass is 1070 g/mol. The van der Waals surface area contributed by atoms with Crippen molar-refractivity contribution in [1.82, 2.24) is 20.1 Å². The smallest absolute Gasteiger partial charge is 0.416 e. The fraction of sp³-hybridized carbons (Fsp3) is 0.759. The number of hydrogen-bond donors (Lipinski definition) is 7. The van der Waals surface area contributed by atoms with Gasteiger partial charge in [0.05, 0.1) is 52.7 Å².